The Labute approximate surface area is 153 Å². The molecule has 5 rings (SSSR count). The quantitative estimate of drug-likeness (QED) is 0.562. The van der Waals surface area contributed by atoms with E-state index in [4.69, 9.17) is 0 Å². The number of aromatic nitrogens is 4. The van der Waals surface area contributed by atoms with Gasteiger partial charge in [-0.2, -0.15) is 10.2 Å². The number of benzene rings is 1. The van der Waals surface area contributed by atoms with E-state index in [1.54, 1.807) is 10.9 Å². The Morgan fingerprint density at radius 1 is 1.15 bits per heavy atom. The lowest BCUT2D eigenvalue weighted by Crippen LogP contribution is -2.36. The van der Waals surface area contributed by atoms with Gasteiger partial charge in [-0.25, -0.2) is 9.36 Å². The predicted octanol–water partition coefficient (Wildman–Crippen LogP) is 2.66. The topological polar surface area (TPSA) is 56.0 Å². The van der Waals surface area contributed by atoms with Gasteiger partial charge in [0.15, 0.2) is 5.52 Å². The normalized spacial score (nSPS) is 14.6. The second kappa shape index (κ2) is 6.19. The lowest BCUT2D eigenvalue weighted by molar-refractivity contribution is 0.187. The lowest BCUT2D eigenvalue weighted by atomic mass is 10.1. The van der Waals surface area contributed by atoms with Crippen LogP contribution in [0.5, 0.6) is 0 Å². The fourth-order valence-electron chi connectivity index (χ4n) is 3.39. The van der Waals surface area contributed by atoms with Gasteiger partial charge in [-0.05, 0) is 35.6 Å². The maximum atomic E-state index is 12.8. The molecule has 0 saturated carbocycles. The summed E-state index contributed by atoms with van der Waals surface area (Å²) in [6.45, 7) is 2.30. The third kappa shape index (κ3) is 2.65. The molecule has 4 heterocycles. The van der Waals surface area contributed by atoms with Gasteiger partial charge in [0, 0.05) is 29.5 Å². The number of para-hydroxylation sites is 1. The Bertz CT molecular complexity index is 1130. The Balaban J connectivity index is 1.46. The summed E-state index contributed by atoms with van der Waals surface area (Å²) in [7, 11) is 0. The zero-order valence-electron chi connectivity index (χ0n) is 14.1. The van der Waals surface area contributed by atoms with Crippen molar-refractivity contribution in [3.05, 3.63) is 75.0 Å². The van der Waals surface area contributed by atoms with Crippen LogP contribution >= 0.6 is 11.3 Å². The van der Waals surface area contributed by atoms with E-state index in [1.165, 1.54) is 15.1 Å². The number of hydrogen-bond acceptors (Lipinski definition) is 5. The zero-order valence-corrected chi connectivity index (χ0v) is 14.9. The summed E-state index contributed by atoms with van der Waals surface area (Å²) in [5.41, 5.74) is 2.60. The maximum Gasteiger partial charge on any atom is 0.296 e. The molecule has 0 radical (unpaired) electrons. The van der Waals surface area contributed by atoms with E-state index in [-0.39, 0.29) is 5.56 Å². The smallest absolute Gasteiger partial charge is 0.280 e. The molecular weight excluding hydrogens is 346 g/mol. The molecule has 1 aliphatic rings. The average Bonchev–Trinajstić information content (AvgIpc) is 3.31. The molecule has 0 amide bonds. The van der Waals surface area contributed by atoms with Crippen LogP contribution in [0.1, 0.15) is 10.4 Å². The molecule has 0 bridgehead atoms. The molecule has 0 spiro atoms. The highest BCUT2D eigenvalue weighted by molar-refractivity contribution is 7.10. The molecule has 0 unspecified atom stereocenters. The van der Waals surface area contributed by atoms with Crippen LogP contribution in [0.2, 0.25) is 0 Å². The van der Waals surface area contributed by atoms with Crippen molar-refractivity contribution in [2.75, 3.05) is 6.54 Å². The molecule has 0 aliphatic carbocycles. The fraction of sp³-hybridized carbons (Fsp3) is 0.211. The summed E-state index contributed by atoms with van der Waals surface area (Å²) in [5.74, 6) is 0. The standard InChI is InChI=1S/C19H17N5OS/c25-19-18-15(12-23(21-18)16-4-2-1-3-5-16)10-20-24(19)13-22-8-6-17-14(11-22)7-9-26-17/h1-5,7,9-10,12H,6,8,11,13H2. The van der Waals surface area contributed by atoms with E-state index in [9.17, 15) is 4.79 Å². The van der Waals surface area contributed by atoms with Gasteiger partial charge in [0.25, 0.3) is 5.56 Å². The molecular formula is C19H17N5OS. The van der Waals surface area contributed by atoms with Gasteiger partial charge in [0.2, 0.25) is 0 Å². The Kier molecular flexibility index (Phi) is 3.69. The van der Waals surface area contributed by atoms with Crippen molar-refractivity contribution >= 4 is 22.2 Å². The van der Waals surface area contributed by atoms with Gasteiger partial charge < -0.3 is 0 Å². The molecule has 6 nitrogen and oxygen atoms in total. The van der Waals surface area contributed by atoms with Crippen LogP contribution in [0.25, 0.3) is 16.6 Å². The molecule has 3 aromatic heterocycles. The zero-order chi connectivity index (χ0) is 17.5. The summed E-state index contributed by atoms with van der Waals surface area (Å²) in [4.78, 5) is 16.6. The number of thiophene rings is 1. The maximum absolute atomic E-state index is 12.8. The average molecular weight is 363 g/mol. The molecule has 0 N–H and O–H groups in total. The van der Waals surface area contributed by atoms with E-state index < -0.39 is 0 Å². The van der Waals surface area contributed by atoms with Gasteiger partial charge in [0.1, 0.15) is 0 Å². The van der Waals surface area contributed by atoms with Crippen LogP contribution < -0.4 is 5.56 Å². The fourth-order valence-corrected chi connectivity index (χ4v) is 4.27. The summed E-state index contributed by atoms with van der Waals surface area (Å²) >= 11 is 1.82. The van der Waals surface area contributed by atoms with E-state index in [0.717, 1.165) is 30.6 Å². The minimum Gasteiger partial charge on any atom is -0.280 e. The SMILES string of the molecule is O=c1c2nn(-c3ccccc3)cc2cnn1CN1CCc2sccc2C1. The van der Waals surface area contributed by atoms with Crippen LogP contribution in [0, 0.1) is 0 Å². The third-order valence-corrected chi connectivity index (χ3v) is 5.78. The van der Waals surface area contributed by atoms with E-state index >= 15 is 0 Å². The van der Waals surface area contributed by atoms with Gasteiger partial charge in [-0.15, -0.1) is 11.3 Å². The molecule has 7 heteroatoms. The monoisotopic (exact) mass is 363 g/mol. The van der Waals surface area contributed by atoms with Crippen molar-refractivity contribution in [3.63, 3.8) is 0 Å². The third-order valence-electron chi connectivity index (χ3n) is 4.76. The lowest BCUT2D eigenvalue weighted by Gasteiger charge is -2.26. The number of fused-ring (bicyclic) bond motifs is 2. The van der Waals surface area contributed by atoms with Gasteiger partial charge in [0.05, 0.1) is 18.6 Å². The van der Waals surface area contributed by atoms with Crippen LogP contribution in [0.4, 0.5) is 0 Å². The highest BCUT2D eigenvalue weighted by Crippen LogP contribution is 2.24. The van der Waals surface area contributed by atoms with Crippen molar-refractivity contribution in [1.82, 2.24) is 24.5 Å². The molecule has 1 aliphatic heterocycles. The second-order valence-electron chi connectivity index (χ2n) is 6.48. The Morgan fingerprint density at radius 2 is 2.04 bits per heavy atom. The molecule has 0 atom stereocenters. The molecule has 0 saturated heterocycles. The van der Waals surface area contributed by atoms with E-state index in [0.29, 0.717) is 12.2 Å². The van der Waals surface area contributed by atoms with E-state index in [1.807, 2.05) is 47.9 Å². The van der Waals surface area contributed by atoms with Gasteiger partial charge >= 0.3 is 0 Å². The summed E-state index contributed by atoms with van der Waals surface area (Å²) in [5, 5.41) is 11.8. The largest absolute Gasteiger partial charge is 0.296 e. The molecule has 0 fully saturated rings. The van der Waals surface area contributed by atoms with Crippen molar-refractivity contribution < 1.29 is 0 Å². The molecule has 4 aromatic rings. The van der Waals surface area contributed by atoms with Crippen LogP contribution in [-0.4, -0.2) is 31.0 Å². The predicted molar refractivity (Wildman–Crippen MR) is 102 cm³/mol. The first kappa shape index (κ1) is 15.5. The molecule has 26 heavy (non-hydrogen) atoms. The Morgan fingerprint density at radius 3 is 2.92 bits per heavy atom. The first-order valence-corrected chi connectivity index (χ1v) is 9.44. The van der Waals surface area contributed by atoms with Crippen molar-refractivity contribution in [2.24, 2.45) is 0 Å². The second-order valence-corrected chi connectivity index (χ2v) is 7.48. The van der Waals surface area contributed by atoms with Gasteiger partial charge in [-0.3, -0.25) is 9.69 Å². The van der Waals surface area contributed by atoms with Crippen molar-refractivity contribution in [2.45, 2.75) is 19.6 Å². The number of nitrogens with zero attached hydrogens (tertiary/aromatic N) is 5. The highest BCUT2D eigenvalue weighted by atomic mass is 32.1. The van der Waals surface area contributed by atoms with Crippen molar-refractivity contribution in [3.8, 4) is 5.69 Å². The Hall–Kier alpha value is -2.77. The summed E-state index contributed by atoms with van der Waals surface area (Å²) < 4.78 is 3.25. The van der Waals surface area contributed by atoms with E-state index in [2.05, 4.69) is 26.5 Å². The number of rotatable bonds is 3. The van der Waals surface area contributed by atoms with Crippen LogP contribution in [0.15, 0.2) is 59.0 Å². The number of hydrogen-bond donors (Lipinski definition) is 0. The van der Waals surface area contributed by atoms with Crippen molar-refractivity contribution in [1.29, 1.82) is 0 Å². The minimum absolute atomic E-state index is 0.145. The minimum atomic E-state index is -0.145. The van der Waals surface area contributed by atoms with Gasteiger partial charge in [-0.1, -0.05) is 18.2 Å². The summed E-state index contributed by atoms with van der Waals surface area (Å²) in [6, 6.07) is 12.0. The first-order valence-electron chi connectivity index (χ1n) is 8.56. The summed E-state index contributed by atoms with van der Waals surface area (Å²) in [6.07, 6.45) is 4.61. The molecule has 130 valence electrons. The highest BCUT2D eigenvalue weighted by Gasteiger charge is 2.19. The van der Waals surface area contributed by atoms with Crippen LogP contribution in [0.3, 0.4) is 0 Å². The molecule has 1 aromatic carbocycles. The first-order chi connectivity index (χ1) is 12.8. The van der Waals surface area contributed by atoms with Crippen LogP contribution in [-0.2, 0) is 19.6 Å².